The molecule has 1 fully saturated rings. The molecule has 2 unspecified atom stereocenters. The number of rotatable bonds is 3. The molecule has 1 saturated heterocycles. The van der Waals surface area contributed by atoms with Crippen molar-refractivity contribution in [3.8, 4) is 0 Å². The fourth-order valence-corrected chi connectivity index (χ4v) is 3.29. The first kappa shape index (κ1) is 14.0. The lowest BCUT2D eigenvalue weighted by Crippen LogP contribution is -2.25. The van der Waals surface area contributed by atoms with Crippen molar-refractivity contribution in [2.75, 3.05) is 13.1 Å². The minimum absolute atomic E-state index is 0.0599. The summed E-state index contributed by atoms with van der Waals surface area (Å²) in [5, 5.41) is 3.21. The highest BCUT2D eigenvalue weighted by molar-refractivity contribution is 7.09. The minimum Gasteiger partial charge on any atom is -0.322 e. The van der Waals surface area contributed by atoms with Crippen LogP contribution in [0.4, 0.5) is 0 Å². The molecule has 0 bridgehead atoms. The number of aromatic nitrogens is 1. The van der Waals surface area contributed by atoms with Gasteiger partial charge in [-0.2, -0.15) is 0 Å². The van der Waals surface area contributed by atoms with E-state index >= 15 is 0 Å². The summed E-state index contributed by atoms with van der Waals surface area (Å²) in [5.74, 6) is 0.809. The van der Waals surface area contributed by atoms with Crippen LogP contribution in [0.5, 0.6) is 0 Å². The summed E-state index contributed by atoms with van der Waals surface area (Å²) in [6.45, 7) is 12.4. The summed E-state index contributed by atoms with van der Waals surface area (Å²) in [4.78, 5) is 7.14. The van der Waals surface area contributed by atoms with Crippen molar-refractivity contribution in [3.05, 3.63) is 16.1 Å². The van der Waals surface area contributed by atoms with Crippen LogP contribution in [0.15, 0.2) is 5.38 Å². The molecule has 2 rings (SSSR count). The number of likely N-dealkylation sites (tertiary alicyclic amines) is 1. The zero-order chi connectivity index (χ0) is 13.3. The average Bonchev–Trinajstić information content (AvgIpc) is 2.85. The summed E-state index contributed by atoms with van der Waals surface area (Å²) >= 11 is 1.68. The molecule has 2 atom stereocenters. The van der Waals surface area contributed by atoms with Gasteiger partial charge in [-0.25, -0.2) is 4.98 Å². The molecule has 2 heterocycles. The van der Waals surface area contributed by atoms with Crippen LogP contribution in [0.3, 0.4) is 0 Å². The number of hydrogen-bond donors (Lipinski definition) is 1. The molecule has 0 saturated carbocycles. The van der Waals surface area contributed by atoms with Gasteiger partial charge in [-0.1, -0.05) is 20.8 Å². The summed E-state index contributed by atoms with van der Waals surface area (Å²) in [6.07, 6.45) is 1.31. The van der Waals surface area contributed by atoms with E-state index in [1.807, 2.05) is 6.92 Å². The molecule has 1 aliphatic heterocycles. The fourth-order valence-electron chi connectivity index (χ4n) is 2.52. The smallest absolute Gasteiger partial charge is 0.109 e. The third-order valence-corrected chi connectivity index (χ3v) is 4.94. The lowest BCUT2D eigenvalue weighted by molar-refractivity contribution is 0.225. The van der Waals surface area contributed by atoms with Gasteiger partial charge in [0.2, 0.25) is 0 Å². The third kappa shape index (κ3) is 3.31. The van der Waals surface area contributed by atoms with Gasteiger partial charge in [0.25, 0.3) is 0 Å². The molecular weight excluding hydrogens is 242 g/mol. The predicted octanol–water partition coefficient (Wildman–Crippen LogP) is 3.03. The molecule has 0 aliphatic carbocycles. The SMILES string of the molecule is CC(N)c1nc(CN2CCC(C(C)(C)C)C2)cs1. The van der Waals surface area contributed by atoms with Crippen LogP contribution in [-0.2, 0) is 6.54 Å². The molecule has 0 spiro atoms. The molecule has 3 nitrogen and oxygen atoms in total. The van der Waals surface area contributed by atoms with Crippen molar-refractivity contribution in [1.82, 2.24) is 9.88 Å². The Labute approximate surface area is 114 Å². The maximum atomic E-state index is 5.85. The largest absolute Gasteiger partial charge is 0.322 e. The summed E-state index contributed by atoms with van der Waals surface area (Å²) in [7, 11) is 0. The van der Waals surface area contributed by atoms with Gasteiger partial charge in [-0.15, -0.1) is 11.3 Å². The molecule has 1 aliphatic rings. The van der Waals surface area contributed by atoms with Gasteiger partial charge in [0.05, 0.1) is 11.7 Å². The second-order valence-electron chi connectivity index (χ2n) is 6.55. The summed E-state index contributed by atoms with van der Waals surface area (Å²) in [6, 6.07) is 0.0599. The molecule has 18 heavy (non-hydrogen) atoms. The van der Waals surface area contributed by atoms with Crippen molar-refractivity contribution in [1.29, 1.82) is 0 Å². The Hall–Kier alpha value is -0.450. The van der Waals surface area contributed by atoms with Gasteiger partial charge in [0, 0.05) is 18.5 Å². The second kappa shape index (κ2) is 5.27. The van der Waals surface area contributed by atoms with Crippen molar-refractivity contribution >= 4 is 11.3 Å². The Bertz CT molecular complexity index is 392. The number of nitrogens with zero attached hydrogens (tertiary/aromatic N) is 2. The maximum Gasteiger partial charge on any atom is 0.109 e. The van der Waals surface area contributed by atoms with E-state index < -0.39 is 0 Å². The third-order valence-electron chi connectivity index (χ3n) is 3.84. The molecule has 0 aromatic carbocycles. The Balaban J connectivity index is 1.91. The average molecular weight is 267 g/mol. The number of nitrogens with two attached hydrogens (primary N) is 1. The molecule has 0 amide bonds. The van der Waals surface area contributed by atoms with Gasteiger partial charge in [-0.3, -0.25) is 4.90 Å². The number of hydrogen-bond acceptors (Lipinski definition) is 4. The van der Waals surface area contributed by atoms with E-state index in [9.17, 15) is 0 Å². The standard InChI is InChI=1S/C14H25N3S/c1-10(15)13-16-12(9-18-13)8-17-6-5-11(7-17)14(2,3)4/h9-11H,5-8,15H2,1-4H3. The minimum atomic E-state index is 0.0599. The quantitative estimate of drug-likeness (QED) is 0.915. The van der Waals surface area contributed by atoms with Crippen molar-refractivity contribution < 1.29 is 0 Å². The van der Waals surface area contributed by atoms with E-state index in [0.29, 0.717) is 5.41 Å². The Morgan fingerprint density at radius 2 is 2.28 bits per heavy atom. The molecular formula is C14H25N3S. The molecule has 0 radical (unpaired) electrons. The van der Waals surface area contributed by atoms with Gasteiger partial charge in [-0.05, 0) is 31.2 Å². The molecule has 102 valence electrons. The highest BCUT2D eigenvalue weighted by Gasteiger charge is 2.31. The highest BCUT2D eigenvalue weighted by Crippen LogP contribution is 2.34. The fraction of sp³-hybridized carbons (Fsp3) is 0.786. The van der Waals surface area contributed by atoms with E-state index in [2.05, 4.69) is 36.0 Å². The van der Waals surface area contributed by atoms with Crippen molar-refractivity contribution in [2.24, 2.45) is 17.1 Å². The van der Waals surface area contributed by atoms with Crippen LogP contribution in [0, 0.1) is 11.3 Å². The van der Waals surface area contributed by atoms with Crippen LogP contribution in [0.2, 0.25) is 0 Å². The van der Waals surface area contributed by atoms with Gasteiger partial charge in [0.1, 0.15) is 5.01 Å². The van der Waals surface area contributed by atoms with Gasteiger partial charge < -0.3 is 5.73 Å². The van der Waals surface area contributed by atoms with E-state index in [4.69, 9.17) is 5.73 Å². The first-order chi connectivity index (χ1) is 8.36. The Kier molecular flexibility index (Phi) is 4.09. The van der Waals surface area contributed by atoms with Gasteiger partial charge >= 0.3 is 0 Å². The van der Waals surface area contributed by atoms with Gasteiger partial charge in [0.15, 0.2) is 0 Å². The Morgan fingerprint density at radius 1 is 1.56 bits per heavy atom. The van der Waals surface area contributed by atoms with Crippen molar-refractivity contribution in [2.45, 2.75) is 46.7 Å². The summed E-state index contributed by atoms with van der Waals surface area (Å²) in [5.41, 5.74) is 7.46. The molecule has 1 aromatic rings. The van der Waals surface area contributed by atoms with E-state index in [-0.39, 0.29) is 6.04 Å². The predicted molar refractivity (Wildman–Crippen MR) is 77.6 cm³/mol. The highest BCUT2D eigenvalue weighted by atomic mass is 32.1. The van der Waals surface area contributed by atoms with Crippen LogP contribution in [0.1, 0.15) is 50.9 Å². The van der Waals surface area contributed by atoms with Crippen LogP contribution in [-0.4, -0.2) is 23.0 Å². The first-order valence-corrected chi connectivity index (χ1v) is 7.66. The first-order valence-electron chi connectivity index (χ1n) is 6.78. The van der Waals surface area contributed by atoms with E-state index in [1.54, 1.807) is 11.3 Å². The topological polar surface area (TPSA) is 42.1 Å². The summed E-state index contributed by atoms with van der Waals surface area (Å²) < 4.78 is 0. The Morgan fingerprint density at radius 3 is 2.78 bits per heavy atom. The van der Waals surface area contributed by atoms with Crippen molar-refractivity contribution in [3.63, 3.8) is 0 Å². The van der Waals surface area contributed by atoms with Crippen LogP contribution < -0.4 is 5.73 Å². The molecule has 2 N–H and O–H groups in total. The van der Waals surface area contributed by atoms with E-state index in [0.717, 1.165) is 17.5 Å². The maximum absolute atomic E-state index is 5.85. The normalized spacial score (nSPS) is 23.5. The second-order valence-corrected chi connectivity index (χ2v) is 7.44. The number of thiazole rings is 1. The lowest BCUT2D eigenvalue weighted by Gasteiger charge is -2.26. The lowest BCUT2D eigenvalue weighted by atomic mass is 9.80. The zero-order valence-electron chi connectivity index (χ0n) is 11.9. The van der Waals surface area contributed by atoms with E-state index in [1.165, 1.54) is 25.2 Å². The zero-order valence-corrected chi connectivity index (χ0v) is 12.8. The molecule has 4 heteroatoms. The molecule has 1 aromatic heterocycles. The van der Waals surface area contributed by atoms with Crippen LogP contribution in [0.25, 0.3) is 0 Å². The van der Waals surface area contributed by atoms with Crippen LogP contribution >= 0.6 is 11.3 Å². The monoisotopic (exact) mass is 267 g/mol.